The van der Waals surface area contributed by atoms with Crippen molar-refractivity contribution in [1.82, 2.24) is 0 Å². The van der Waals surface area contributed by atoms with Gasteiger partial charge in [0.2, 0.25) is 0 Å². The molecule has 0 aromatic heterocycles. The topological polar surface area (TPSA) is 17.1 Å². The molecule has 0 atom stereocenters. The molecule has 0 fully saturated rings. The van der Waals surface area contributed by atoms with Gasteiger partial charge in [-0.05, 0) is 0 Å². The van der Waals surface area contributed by atoms with Crippen LogP contribution in [0.5, 0.6) is 0 Å². The van der Waals surface area contributed by atoms with Crippen LogP contribution in [0.2, 0.25) is 0 Å². The Bertz CT molecular complexity index is 74.1. The fraction of sp³-hybridized carbons (Fsp3) is 0. The second-order valence-electron chi connectivity index (χ2n) is 0.197. The van der Waals surface area contributed by atoms with Crippen LogP contribution in [-0.4, -0.2) is 0 Å². The molecule has 0 aliphatic heterocycles. The summed E-state index contributed by atoms with van der Waals surface area (Å²) >= 11 is 1.69. The van der Waals surface area contributed by atoms with Gasteiger partial charge in [-0.25, -0.2) is 8.73 Å². The van der Waals surface area contributed by atoms with Crippen LogP contribution in [-0.2, 0) is 29.9 Å². The van der Waals surface area contributed by atoms with Gasteiger partial charge in [0, 0.05) is 0 Å². The molecule has 1 nitrogen and oxygen atoms in total. The fourth-order valence-corrected chi connectivity index (χ4v) is 0. The molecule has 37 valence electrons. The molecule has 0 unspecified atom stereocenters. The Kier molecular flexibility index (Phi) is 19.6. The normalized spacial score (nSPS) is 7.67. The Balaban J connectivity index is 0. The van der Waals surface area contributed by atoms with Gasteiger partial charge in [-0.15, -0.1) is 10.1 Å². The van der Waals surface area contributed by atoms with Gasteiger partial charge in [-0.2, -0.15) is 0 Å². The molecule has 0 spiro atoms. The summed E-state index contributed by atoms with van der Waals surface area (Å²) in [6.07, 6.45) is 0. The van der Waals surface area contributed by atoms with Crippen molar-refractivity contribution in [2.75, 3.05) is 0 Å². The molecule has 6 heavy (non-hydrogen) atoms. The second-order valence-corrected chi connectivity index (χ2v) is 3.41. The van der Waals surface area contributed by atoms with Gasteiger partial charge in [0.15, 0.2) is 0 Å². The second kappa shape index (κ2) is 16.5. The van der Waals surface area contributed by atoms with Crippen LogP contribution in [0, 0.1) is 6.64 Å². The van der Waals surface area contributed by atoms with E-state index in [1.54, 1.807) is 15.9 Å². The molecule has 0 saturated heterocycles. The van der Waals surface area contributed by atoms with E-state index in [2.05, 4.69) is 8.02 Å². The summed E-state index contributed by atoms with van der Waals surface area (Å²) in [5.74, 6) is 0. The van der Waals surface area contributed by atoms with Crippen LogP contribution < -0.4 is 0 Å². The van der Waals surface area contributed by atoms with Gasteiger partial charge in [0.1, 0.15) is 0 Å². The van der Waals surface area contributed by atoms with Crippen molar-refractivity contribution < 1.29 is 21.2 Å². The minimum absolute atomic E-state index is 0.952. The van der Waals surface area contributed by atoms with E-state index in [1.807, 2.05) is 0 Å². The molecule has 0 rings (SSSR count). The number of rotatable bonds is 1. The van der Waals surface area contributed by atoms with Crippen LogP contribution in [0.25, 0.3) is 0 Å². The molecule has 0 amide bonds. The quantitative estimate of drug-likeness (QED) is 0.342. The zero-order valence-electron chi connectivity index (χ0n) is 3.72. The average Bonchev–Trinajstić information content (AvgIpc) is 1.75. The molecule has 0 N–H and O–H groups in total. The standard InChI is InChI=1S/CH3P2S.Mn.O/c1-3-4-2;;/h2H,1H2;;/q-1;;/i1T;;. The molecule has 0 bridgehead atoms. The van der Waals surface area contributed by atoms with Gasteiger partial charge < -0.3 is 0 Å². The molecule has 0 saturated carbocycles. The Morgan fingerprint density at radius 2 is 2.67 bits per heavy atom. The Hall–Kier alpha value is 1.14. The first-order chi connectivity index (χ1) is 3.41. The summed E-state index contributed by atoms with van der Waals surface area (Å²) in [5.41, 5.74) is 0. The molecule has 5 heteroatoms. The third-order valence-corrected chi connectivity index (χ3v) is 1.42. The van der Waals surface area contributed by atoms with Crippen molar-refractivity contribution in [3.05, 3.63) is 6.64 Å². The first-order valence-corrected chi connectivity index (χ1v) is 4.89. The molecule has 0 radical (unpaired) electrons. The van der Waals surface area contributed by atoms with E-state index in [4.69, 9.17) is 5.21 Å². The zero-order chi connectivity index (χ0) is 6.12. The predicted molar refractivity (Wildman–Crippen MR) is 28.6 cm³/mol. The molecular weight excluding hydrogens is 177 g/mol. The van der Waals surface area contributed by atoms with Crippen LogP contribution in [0.4, 0.5) is 0 Å². The van der Waals surface area contributed by atoms with Gasteiger partial charge in [0.25, 0.3) is 0 Å². The fourth-order valence-electron chi connectivity index (χ4n) is 0. The maximum atomic E-state index is 8.06. The Morgan fingerprint density at radius 1 is 2.17 bits per heavy atom. The van der Waals surface area contributed by atoms with E-state index in [1.165, 1.54) is 16.8 Å². The zero-order valence-corrected chi connectivity index (χ0v) is 6.61. The average molecular weight is 182 g/mol. The van der Waals surface area contributed by atoms with E-state index >= 15 is 0 Å². The molecule has 0 aliphatic carbocycles. The van der Waals surface area contributed by atoms with Gasteiger partial charge in [-0.1, -0.05) is 8.02 Å². The molecule has 0 aliphatic rings. The van der Waals surface area contributed by atoms with Crippen LogP contribution in [0.1, 0.15) is 1.37 Å². The Morgan fingerprint density at radius 3 is 2.67 bits per heavy atom. The van der Waals surface area contributed by atoms with Crippen molar-refractivity contribution in [2.45, 2.75) is 0 Å². The van der Waals surface area contributed by atoms with Gasteiger partial charge in [0.05, 0.1) is 0 Å². The summed E-state index contributed by atoms with van der Waals surface area (Å²) in [6.45, 7) is 1.32. The molecule has 0 aromatic carbocycles. The summed E-state index contributed by atoms with van der Waals surface area (Å²) in [5, 5.41) is 0. The third-order valence-electron chi connectivity index (χ3n) is 0.0527. The van der Waals surface area contributed by atoms with Crippen molar-refractivity contribution in [1.29, 1.82) is 0 Å². The molecule has 0 aromatic rings. The molecular formula is CH3MnOP2S-. The van der Waals surface area contributed by atoms with Gasteiger partial charge in [-0.3, -0.25) is 6.64 Å². The number of hydrogen-bond donors (Lipinski definition) is 0. The van der Waals surface area contributed by atoms with E-state index in [-0.39, 0.29) is 0 Å². The number of hydrogen-bond acceptors (Lipinski definition) is 1. The Labute approximate surface area is 53.6 Å². The predicted octanol–water partition coefficient (Wildman–Crippen LogP) is 1.66. The van der Waals surface area contributed by atoms with Crippen LogP contribution in [0.15, 0.2) is 0 Å². The third kappa shape index (κ3) is 19.2. The van der Waals surface area contributed by atoms with Crippen LogP contribution in [0.3, 0.4) is 0 Å². The summed E-state index contributed by atoms with van der Waals surface area (Å²) in [4.78, 5) is 0. The van der Waals surface area contributed by atoms with Gasteiger partial charge >= 0.3 is 19.8 Å². The molecule has 0 heterocycles. The summed E-state index contributed by atoms with van der Waals surface area (Å²) in [6, 6.07) is 0. The van der Waals surface area contributed by atoms with Crippen molar-refractivity contribution >= 4 is 25.5 Å². The first-order valence-electron chi connectivity index (χ1n) is 1.38. The first kappa shape index (κ1) is 7.14. The SMILES string of the molecule is [3H][CH-]P=S=P.[O]=[Mn]. The maximum absolute atomic E-state index is 8.06. The van der Waals surface area contributed by atoms with E-state index in [0.717, 1.165) is 7.36 Å². The summed E-state index contributed by atoms with van der Waals surface area (Å²) in [7, 11) is 5.49. The van der Waals surface area contributed by atoms with Crippen molar-refractivity contribution in [3.8, 4) is 0 Å². The van der Waals surface area contributed by atoms with Crippen molar-refractivity contribution in [2.24, 2.45) is 0 Å². The van der Waals surface area contributed by atoms with E-state index < -0.39 is 0 Å². The van der Waals surface area contributed by atoms with E-state index in [0.29, 0.717) is 0 Å². The minimum atomic E-state index is 0.952. The monoisotopic (exact) mass is 182 g/mol. The van der Waals surface area contributed by atoms with Crippen molar-refractivity contribution in [3.63, 3.8) is 0 Å². The van der Waals surface area contributed by atoms with Crippen LogP contribution >= 0.6 is 15.4 Å². The van der Waals surface area contributed by atoms with E-state index in [9.17, 15) is 0 Å². The summed E-state index contributed by atoms with van der Waals surface area (Å²) < 4.78 is 14.5.